The molecule has 0 aliphatic carbocycles. The molecule has 1 aromatic rings. The van der Waals surface area contributed by atoms with Crippen molar-refractivity contribution in [2.45, 2.75) is 17.9 Å². The highest BCUT2D eigenvalue weighted by atomic mass is 32.2. The predicted molar refractivity (Wildman–Crippen MR) is 77.1 cm³/mol. The molecule has 0 aromatic heterocycles. The summed E-state index contributed by atoms with van der Waals surface area (Å²) >= 11 is 0. The zero-order valence-corrected chi connectivity index (χ0v) is 12.8. The summed E-state index contributed by atoms with van der Waals surface area (Å²) in [5.41, 5.74) is 0.813. The zero-order valence-electron chi connectivity index (χ0n) is 12.0. The first-order valence-corrected chi connectivity index (χ1v) is 8.47. The Bertz CT molecular complexity index is 652. The lowest BCUT2D eigenvalue weighted by atomic mass is 10.1. The van der Waals surface area contributed by atoms with Gasteiger partial charge < -0.3 is 10.2 Å². The van der Waals surface area contributed by atoms with Crippen LogP contribution in [0.2, 0.25) is 0 Å². The fraction of sp³-hybridized carbons (Fsp3) is 0.429. The highest BCUT2D eigenvalue weighted by molar-refractivity contribution is 7.90. The smallest absolute Gasteiger partial charge is 0.225 e. The predicted octanol–water partition coefficient (Wildman–Crippen LogP) is 0.185. The van der Waals surface area contributed by atoms with Crippen molar-refractivity contribution in [3.05, 3.63) is 29.8 Å². The lowest BCUT2D eigenvalue weighted by Crippen LogP contribution is -2.31. The third kappa shape index (κ3) is 3.81. The van der Waals surface area contributed by atoms with Gasteiger partial charge in [-0.2, -0.15) is 0 Å². The maximum atomic E-state index is 12.0. The number of hydrogen-bond acceptors (Lipinski definition) is 4. The van der Waals surface area contributed by atoms with Gasteiger partial charge >= 0.3 is 0 Å². The topological polar surface area (TPSA) is 83.6 Å². The standard InChI is InChI=1S/C14H18N2O4S/c1-16-9-11(7-13(16)17)14(18)15-8-10-3-5-12(6-4-10)21(2,19)20/h3-6,11H,7-9H2,1-2H3,(H,15,18)/t11-/m1/s1. The Morgan fingerprint density at radius 2 is 1.95 bits per heavy atom. The van der Waals surface area contributed by atoms with Crippen molar-refractivity contribution in [3.63, 3.8) is 0 Å². The van der Waals surface area contributed by atoms with Crippen LogP contribution in [0.3, 0.4) is 0 Å². The van der Waals surface area contributed by atoms with E-state index in [-0.39, 0.29) is 29.0 Å². The minimum atomic E-state index is -3.21. The van der Waals surface area contributed by atoms with E-state index >= 15 is 0 Å². The first kappa shape index (κ1) is 15.5. The SMILES string of the molecule is CN1C[C@H](C(=O)NCc2ccc(S(C)(=O)=O)cc2)CC1=O. The van der Waals surface area contributed by atoms with Gasteiger partial charge in [-0.1, -0.05) is 12.1 Å². The molecule has 6 nitrogen and oxygen atoms in total. The third-order valence-electron chi connectivity index (χ3n) is 3.53. The van der Waals surface area contributed by atoms with Gasteiger partial charge in [0.2, 0.25) is 11.8 Å². The molecule has 21 heavy (non-hydrogen) atoms. The fourth-order valence-electron chi connectivity index (χ4n) is 2.23. The maximum absolute atomic E-state index is 12.0. The number of nitrogens with zero attached hydrogens (tertiary/aromatic N) is 1. The number of hydrogen-bond donors (Lipinski definition) is 1. The van der Waals surface area contributed by atoms with Crippen LogP contribution in [0.1, 0.15) is 12.0 Å². The van der Waals surface area contributed by atoms with Crippen molar-refractivity contribution in [2.24, 2.45) is 5.92 Å². The molecule has 0 radical (unpaired) electrons. The molecule has 1 aliphatic heterocycles. The van der Waals surface area contributed by atoms with Crippen molar-refractivity contribution in [2.75, 3.05) is 19.8 Å². The summed E-state index contributed by atoms with van der Waals surface area (Å²) in [7, 11) is -1.53. The van der Waals surface area contributed by atoms with Gasteiger partial charge in [-0.05, 0) is 17.7 Å². The van der Waals surface area contributed by atoms with Gasteiger partial charge in [-0.25, -0.2) is 8.42 Å². The third-order valence-corrected chi connectivity index (χ3v) is 4.66. The number of carbonyl (C=O) groups is 2. The summed E-state index contributed by atoms with van der Waals surface area (Å²) in [5.74, 6) is -0.481. The van der Waals surface area contributed by atoms with Crippen LogP contribution in [0.15, 0.2) is 29.2 Å². The number of rotatable bonds is 4. The van der Waals surface area contributed by atoms with Crippen LogP contribution in [-0.4, -0.2) is 45.0 Å². The van der Waals surface area contributed by atoms with Crippen molar-refractivity contribution in [3.8, 4) is 0 Å². The van der Waals surface area contributed by atoms with Crippen LogP contribution >= 0.6 is 0 Å². The van der Waals surface area contributed by atoms with Gasteiger partial charge in [-0.15, -0.1) is 0 Å². The molecule has 0 saturated carbocycles. The average molecular weight is 310 g/mol. The summed E-state index contributed by atoms with van der Waals surface area (Å²) < 4.78 is 22.7. The molecule has 114 valence electrons. The second kappa shape index (κ2) is 5.85. The molecule has 1 saturated heterocycles. The molecule has 2 amide bonds. The number of sulfone groups is 1. The lowest BCUT2D eigenvalue weighted by Gasteiger charge is -2.11. The molecule has 0 unspecified atom stereocenters. The fourth-order valence-corrected chi connectivity index (χ4v) is 2.86. The van der Waals surface area contributed by atoms with Crippen LogP contribution in [0, 0.1) is 5.92 Å². The number of carbonyl (C=O) groups excluding carboxylic acids is 2. The molecule has 1 N–H and O–H groups in total. The first-order chi connectivity index (χ1) is 9.77. The molecule has 2 rings (SSSR count). The molecule has 1 fully saturated rings. The Morgan fingerprint density at radius 1 is 1.33 bits per heavy atom. The minimum Gasteiger partial charge on any atom is -0.352 e. The number of amides is 2. The van der Waals surface area contributed by atoms with Crippen molar-refractivity contribution in [1.29, 1.82) is 0 Å². The van der Waals surface area contributed by atoms with Crippen LogP contribution in [-0.2, 0) is 26.0 Å². The second-order valence-corrected chi connectivity index (χ2v) is 7.32. The molecular weight excluding hydrogens is 292 g/mol. The highest BCUT2D eigenvalue weighted by Gasteiger charge is 2.31. The normalized spacial score (nSPS) is 18.9. The molecule has 0 spiro atoms. The Balaban J connectivity index is 1.91. The van der Waals surface area contributed by atoms with E-state index in [0.717, 1.165) is 11.8 Å². The van der Waals surface area contributed by atoms with E-state index in [0.29, 0.717) is 13.1 Å². The van der Waals surface area contributed by atoms with E-state index in [1.54, 1.807) is 24.1 Å². The number of benzene rings is 1. The zero-order chi connectivity index (χ0) is 15.6. The largest absolute Gasteiger partial charge is 0.352 e. The van der Waals surface area contributed by atoms with E-state index in [4.69, 9.17) is 0 Å². The second-order valence-electron chi connectivity index (χ2n) is 5.31. The maximum Gasteiger partial charge on any atom is 0.225 e. The van der Waals surface area contributed by atoms with Crippen molar-refractivity contribution in [1.82, 2.24) is 10.2 Å². The van der Waals surface area contributed by atoms with E-state index < -0.39 is 9.84 Å². The Kier molecular flexibility index (Phi) is 4.32. The highest BCUT2D eigenvalue weighted by Crippen LogP contribution is 2.16. The molecule has 1 aromatic carbocycles. The monoisotopic (exact) mass is 310 g/mol. The van der Waals surface area contributed by atoms with Crippen molar-refractivity contribution >= 4 is 21.7 Å². The van der Waals surface area contributed by atoms with Gasteiger partial charge in [0.15, 0.2) is 9.84 Å². The van der Waals surface area contributed by atoms with Crippen LogP contribution < -0.4 is 5.32 Å². The molecule has 1 heterocycles. The molecule has 1 atom stereocenters. The minimum absolute atomic E-state index is 0.0207. The summed E-state index contributed by atoms with van der Waals surface area (Å²) in [5, 5.41) is 2.77. The Morgan fingerprint density at radius 3 is 2.43 bits per heavy atom. The van der Waals surface area contributed by atoms with Crippen LogP contribution in [0.5, 0.6) is 0 Å². The Hall–Kier alpha value is -1.89. The van der Waals surface area contributed by atoms with Gasteiger partial charge in [0.05, 0.1) is 10.8 Å². The quantitative estimate of drug-likeness (QED) is 0.860. The first-order valence-electron chi connectivity index (χ1n) is 6.58. The van der Waals surface area contributed by atoms with E-state index in [1.807, 2.05) is 0 Å². The van der Waals surface area contributed by atoms with Gasteiger partial charge in [0, 0.05) is 32.8 Å². The molecule has 7 heteroatoms. The van der Waals surface area contributed by atoms with E-state index in [2.05, 4.69) is 5.32 Å². The van der Waals surface area contributed by atoms with Gasteiger partial charge in [-0.3, -0.25) is 9.59 Å². The molecular formula is C14H18N2O4S. The lowest BCUT2D eigenvalue weighted by molar-refractivity contribution is -0.128. The van der Waals surface area contributed by atoms with E-state index in [1.165, 1.54) is 12.1 Å². The molecule has 1 aliphatic rings. The van der Waals surface area contributed by atoms with Crippen LogP contribution in [0.4, 0.5) is 0 Å². The van der Waals surface area contributed by atoms with E-state index in [9.17, 15) is 18.0 Å². The van der Waals surface area contributed by atoms with Gasteiger partial charge in [0.1, 0.15) is 0 Å². The molecule has 0 bridgehead atoms. The number of nitrogens with one attached hydrogen (secondary N) is 1. The summed E-state index contributed by atoms with van der Waals surface area (Å²) in [6.07, 6.45) is 1.40. The average Bonchev–Trinajstić information content (AvgIpc) is 2.75. The van der Waals surface area contributed by atoms with Crippen molar-refractivity contribution < 1.29 is 18.0 Å². The van der Waals surface area contributed by atoms with Crippen LogP contribution in [0.25, 0.3) is 0 Å². The summed E-state index contributed by atoms with van der Waals surface area (Å²) in [6, 6.07) is 6.37. The number of likely N-dealkylation sites (tertiary alicyclic amines) is 1. The summed E-state index contributed by atoms with van der Waals surface area (Å²) in [4.78, 5) is 25.1. The summed E-state index contributed by atoms with van der Waals surface area (Å²) in [6.45, 7) is 0.759. The Labute approximate surface area is 124 Å². The van der Waals surface area contributed by atoms with Gasteiger partial charge in [0.25, 0.3) is 0 Å².